The van der Waals surface area contributed by atoms with Crippen molar-refractivity contribution in [2.75, 3.05) is 12.4 Å². The van der Waals surface area contributed by atoms with Crippen LogP contribution in [0.1, 0.15) is 39.2 Å². The molecule has 3 heterocycles. The Kier molecular flexibility index (Phi) is 4.65. The van der Waals surface area contributed by atoms with Crippen molar-refractivity contribution in [1.29, 1.82) is 0 Å². The highest BCUT2D eigenvalue weighted by atomic mass is 19.1. The van der Waals surface area contributed by atoms with Gasteiger partial charge in [-0.05, 0) is 47.5 Å². The molecule has 1 N–H and O–H groups in total. The summed E-state index contributed by atoms with van der Waals surface area (Å²) in [4.78, 5) is 16.3. The highest BCUT2D eigenvalue weighted by molar-refractivity contribution is 5.89. The van der Waals surface area contributed by atoms with Crippen molar-refractivity contribution >= 4 is 17.6 Å². The first-order valence-electron chi connectivity index (χ1n) is 10.7. The molecule has 2 atom stereocenters. The van der Waals surface area contributed by atoms with Crippen LogP contribution in [0.4, 0.5) is 10.3 Å². The fourth-order valence-electron chi connectivity index (χ4n) is 4.57. The minimum Gasteiger partial charge on any atom is -0.480 e. The van der Waals surface area contributed by atoms with Crippen LogP contribution in [0, 0.1) is 5.82 Å². The van der Waals surface area contributed by atoms with Gasteiger partial charge in [0.2, 0.25) is 5.95 Å². The number of hydrogen-bond acceptors (Lipinski definition) is 6. The number of fused-ring (bicyclic) bond motifs is 3. The SMILES string of the molecule is COC(=O)c1ccc(C2Oc3ccccc3C3=C2C(c2ccc(F)cc2)n2ncnc2N3)cc1. The Hall–Kier alpha value is -4.46. The Morgan fingerprint density at radius 2 is 1.76 bits per heavy atom. The molecule has 0 saturated carbocycles. The Balaban J connectivity index is 1.56. The van der Waals surface area contributed by atoms with Crippen LogP contribution in [0.15, 0.2) is 84.7 Å². The number of rotatable bonds is 3. The monoisotopic (exact) mass is 454 g/mol. The average molecular weight is 454 g/mol. The molecule has 8 heteroatoms. The molecule has 0 amide bonds. The molecule has 168 valence electrons. The molecule has 6 rings (SSSR count). The van der Waals surface area contributed by atoms with Gasteiger partial charge in [0.1, 0.15) is 30.0 Å². The summed E-state index contributed by atoms with van der Waals surface area (Å²) < 4.78 is 26.9. The van der Waals surface area contributed by atoms with E-state index in [0.717, 1.165) is 33.7 Å². The summed E-state index contributed by atoms with van der Waals surface area (Å²) in [6, 6.07) is 20.9. The molecule has 34 heavy (non-hydrogen) atoms. The molecule has 3 aromatic carbocycles. The van der Waals surface area contributed by atoms with Gasteiger partial charge in [-0.2, -0.15) is 10.1 Å². The minimum absolute atomic E-state index is 0.314. The highest BCUT2D eigenvalue weighted by Gasteiger charge is 2.40. The molecule has 4 aromatic rings. The Bertz CT molecular complexity index is 1430. The van der Waals surface area contributed by atoms with Crippen LogP contribution in [0.25, 0.3) is 5.70 Å². The maximum Gasteiger partial charge on any atom is 0.337 e. The van der Waals surface area contributed by atoms with Crippen molar-refractivity contribution < 1.29 is 18.7 Å². The van der Waals surface area contributed by atoms with E-state index in [4.69, 9.17) is 9.47 Å². The van der Waals surface area contributed by atoms with E-state index in [9.17, 15) is 9.18 Å². The summed E-state index contributed by atoms with van der Waals surface area (Å²) in [7, 11) is 1.35. The van der Waals surface area contributed by atoms with E-state index in [1.165, 1.54) is 25.6 Å². The molecule has 1 aromatic heterocycles. The number of benzene rings is 3. The zero-order valence-electron chi connectivity index (χ0n) is 18.1. The second-order valence-electron chi connectivity index (χ2n) is 8.05. The number of anilines is 1. The standard InChI is InChI=1S/C26H19FN4O3/c1-33-25(32)17-8-6-16(7-9-17)24-21-22(19-4-2-3-5-20(19)34-24)30-26-28-14-29-31(26)23(21)15-10-12-18(27)13-11-15/h2-14,23-24H,1H3,(H,28,29,30). The largest absolute Gasteiger partial charge is 0.480 e. The van der Waals surface area contributed by atoms with E-state index in [1.54, 1.807) is 28.9 Å². The summed E-state index contributed by atoms with van der Waals surface area (Å²) in [6.45, 7) is 0. The van der Waals surface area contributed by atoms with E-state index in [-0.39, 0.29) is 11.9 Å². The third kappa shape index (κ3) is 3.14. The van der Waals surface area contributed by atoms with Gasteiger partial charge in [0.05, 0.1) is 18.4 Å². The number of methoxy groups -OCH3 is 1. The lowest BCUT2D eigenvalue weighted by molar-refractivity contribution is 0.0600. The van der Waals surface area contributed by atoms with Gasteiger partial charge in [0.15, 0.2) is 0 Å². The lowest BCUT2D eigenvalue weighted by Crippen LogP contribution is -2.32. The molecule has 0 radical (unpaired) electrons. The number of nitrogens with zero attached hydrogens (tertiary/aromatic N) is 3. The number of nitrogens with one attached hydrogen (secondary N) is 1. The second-order valence-corrected chi connectivity index (χ2v) is 8.05. The first kappa shape index (κ1) is 20.2. The van der Waals surface area contributed by atoms with Gasteiger partial charge >= 0.3 is 5.97 Å². The van der Waals surface area contributed by atoms with Gasteiger partial charge in [0, 0.05) is 11.1 Å². The lowest BCUT2D eigenvalue weighted by Gasteiger charge is -2.39. The summed E-state index contributed by atoms with van der Waals surface area (Å²) in [5.41, 5.74) is 4.84. The van der Waals surface area contributed by atoms with E-state index in [1.807, 2.05) is 36.4 Å². The highest BCUT2D eigenvalue weighted by Crippen LogP contribution is 2.50. The van der Waals surface area contributed by atoms with Crippen molar-refractivity contribution in [2.24, 2.45) is 0 Å². The third-order valence-corrected chi connectivity index (χ3v) is 6.14. The van der Waals surface area contributed by atoms with Crippen molar-refractivity contribution in [1.82, 2.24) is 14.8 Å². The minimum atomic E-state index is -0.489. The molecule has 0 spiro atoms. The lowest BCUT2D eigenvalue weighted by atomic mass is 9.84. The molecule has 2 unspecified atom stereocenters. The van der Waals surface area contributed by atoms with Crippen LogP contribution in [-0.2, 0) is 4.74 Å². The van der Waals surface area contributed by atoms with E-state index >= 15 is 0 Å². The summed E-state index contributed by atoms with van der Waals surface area (Å²) in [5.74, 6) is 0.592. The molecular weight excluding hydrogens is 435 g/mol. The number of hydrogen-bond donors (Lipinski definition) is 1. The first-order chi connectivity index (χ1) is 16.6. The molecule has 0 aliphatic carbocycles. The van der Waals surface area contributed by atoms with Gasteiger partial charge in [0.25, 0.3) is 0 Å². The number of esters is 1. The molecular formula is C26H19FN4O3. The van der Waals surface area contributed by atoms with Gasteiger partial charge in [-0.25, -0.2) is 13.9 Å². The van der Waals surface area contributed by atoms with Crippen molar-refractivity contribution in [3.63, 3.8) is 0 Å². The van der Waals surface area contributed by atoms with Gasteiger partial charge in [-0.3, -0.25) is 0 Å². The van der Waals surface area contributed by atoms with E-state index in [0.29, 0.717) is 11.5 Å². The Morgan fingerprint density at radius 3 is 2.53 bits per heavy atom. The zero-order chi connectivity index (χ0) is 23.2. The Labute approximate surface area is 194 Å². The number of aromatic nitrogens is 3. The first-order valence-corrected chi connectivity index (χ1v) is 10.7. The molecule has 7 nitrogen and oxygen atoms in total. The van der Waals surface area contributed by atoms with Gasteiger partial charge in [-0.1, -0.05) is 36.4 Å². The third-order valence-electron chi connectivity index (χ3n) is 6.14. The van der Waals surface area contributed by atoms with Crippen LogP contribution in [-0.4, -0.2) is 27.8 Å². The van der Waals surface area contributed by atoms with Crippen LogP contribution in [0.5, 0.6) is 5.75 Å². The quantitative estimate of drug-likeness (QED) is 0.450. The van der Waals surface area contributed by atoms with Crippen LogP contribution in [0.3, 0.4) is 0 Å². The second kappa shape index (κ2) is 7.84. The number of halogens is 1. The summed E-state index contributed by atoms with van der Waals surface area (Å²) >= 11 is 0. The predicted octanol–water partition coefficient (Wildman–Crippen LogP) is 4.76. The van der Waals surface area contributed by atoms with Crippen molar-refractivity contribution in [3.05, 3.63) is 113 Å². The van der Waals surface area contributed by atoms with Crippen LogP contribution < -0.4 is 10.1 Å². The fraction of sp³-hybridized carbons (Fsp3) is 0.115. The van der Waals surface area contributed by atoms with Gasteiger partial charge < -0.3 is 14.8 Å². The Morgan fingerprint density at radius 1 is 1.03 bits per heavy atom. The maximum atomic E-state index is 13.8. The number of carbonyl (C=O) groups excluding carboxylic acids is 1. The topological polar surface area (TPSA) is 78.3 Å². The van der Waals surface area contributed by atoms with Crippen molar-refractivity contribution in [2.45, 2.75) is 12.1 Å². The number of ether oxygens (including phenoxy) is 2. The molecule has 2 aliphatic rings. The van der Waals surface area contributed by atoms with E-state index in [2.05, 4.69) is 15.4 Å². The number of para-hydroxylation sites is 1. The van der Waals surface area contributed by atoms with Crippen molar-refractivity contribution in [3.8, 4) is 5.75 Å². The normalized spacial score (nSPS) is 18.2. The summed E-state index contributed by atoms with van der Waals surface area (Å²) in [5, 5.41) is 7.88. The predicted molar refractivity (Wildman–Crippen MR) is 123 cm³/mol. The fourth-order valence-corrected chi connectivity index (χ4v) is 4.57. The van der Waals surface area contributed by atoms with E-state index < -0.39 is 12.1 Å². The molecule has 0 saturated heterocycles. The molecule has 0 fully saturated rings. The van der Waals surface area contributed by atoms with Crippen LogP contribution >= 0.6 is 0 Å². The maximum absolute atomic E-state index is 13.8. The molecule has 0 bridgehead atoms. The molecule has 2 aliphatic heterocycles. The average Bonchev–Trinajstić information content (AvgIpc) is 3.35. The smallest absolute Gasteiger partial charge is 0.337 e. The van der Waals surface area contributed by atoms with Gasteiger partial charge in [-0.15, -0.1) is 0 Å². The van der Waals surface area contributed by atoms with Crippen LogP contribution in [0.2, 0.25) is 0 Å². The zero-order valence-corrected chi connectivity index (χ0v) is 18.1. The number of carbonyl (C=O) groups is 1. The summed E-state index contributed by atoms with van der Waals surface area (Å²) in [6.07, 6.45) is 1.00.